The summed E-state index contributed by atoms with van der Waals surface area (Å²) in [6, 6.07) is 16.9. The Morgan fingerprint density at radius 2 is 1.55 bits per heavy atom. The van der Waals surface area contributed by atoms with E-state index < -0.39 is 0 Å². The predicted octanol–water partition coefficient (Wildman–Crippen LogP) is 4.00. The van der Waals surface area contributed by atoms with E-state index in [4.69, 9.17) is 0 Å². The zero-order chi connectivity index (χ0) is 21.8. The van der Waals surface area contributed by atoms with E-state index in [2.05, 4.69) is 76.0 Å². The van der Waals surface area contributed by atoms with Crippen LogP contribution in [0.15, 0.2) is 53.3 Å². The van der Waals surface area contributed by atoms with Gasteiger partial charge in [0.25, 0.3) is 0 Å². The Morgan fingerprint density at radius 1 is 0.903 bits per heavy atom. The van der Waals surface area contributed by atoms with E-state index in [1.807, 2.05) is 13.0 Å². The first-order chi connectivity index (χ1) is 15.1. The summed E-state index contributed by atoms with van der Waals surface area (Å²) in [6.07, 6.45) is 0. The Labute approximate surface area is 185 Å². The molecule has 0 spiro atoms. The number of nitrogens with one attached hydrogen (secondary N) is 1. The summed E-state index contributed by atoms with van der Waals surface area (Å²) < 4.78 is 0. The number of rotatable bonds is 7. The molecule has 0 amide bonds. The van der Waals surface area contributed by atoms with Crippen molar-refractivity contribution >= 4 is 16.6 Å². The van der Waals surface area contributed by atoms with E-state index in [0.29, 0.717) is 6.54 Å². The summed E-state index contributed by atoms with van der Waals surface area (Å²) in [4.78, 5) is 24.1. The molecule has 31 heavy (non-hydrogen) atoms. The number of aromatic amines is 1. The van der Waals surface area contributed by atoms with Crippen LogP contribution in [0.1, 0.15) is 30.7 Å². The van der Waals surface area contributed by atoms with Gasteiger partial charge in [0.15, 0.2) is 5.43 Å². The van der Waals surface area contributed by atoms with Gasteiger partial charge in [-0.05, 0) is 44.5 Å². The molecule has 1 N–H and O–H groups in total. The third-order valence-electron chi connectivity index (χ3n) is 6.52. The molecule has 0 atom stereocenters. The second-order valence-electron chi connectivity index (χ2n) is 8.50. The van der Waals surface area contributed by atoms with E-state index in [1.165, 1.54) is 5.56 Å². The SMILES string of the molecule is CCN(CC)c1ccc2[nH]c(C)c(CN3CCN(Cc4ccccc4)CC3)c(=O)c2c1. The molecule has 1 aliphatic rings. The minimum atomic E-state index is 0.173. The molecule has 1 saturated heterocycles. The van der Waals surface area contributed by atoms with Gasteiger partial charge in [-0.3, -0.25) is 14.6 Å². The number of aryl methyl sites for hydroxylation is 1. The normalized spacial score (nSPS) is 15.5. The number of benzene rings is 2. The number of hydrogen-bond acceptors (Lipinski definition) is 4. The fourth-order valence-corrected chi connectivity index (χ4v) is 4.59. The minimum Gasteiger partial charge on any atom is -0.372 e. The lowest BCUT2D eigenvalue weighted by Gasteiger charge is -2.34. The summed E-state index contributed by atoms with van der Waals surface area (Å²) in [5, 5.41) is 0.799. The molecule has 164 valence electrons. The lowest BCUT2D eigenvalue weighted by atomic mass is 10.1. The van der Waals surface area contributed by atoms with Crippen molar-refractivity contribution in [3.8, 4) is 0 Å². The largest absolute Gasteiger partial charge is 0.372 e. The zero-order valence-electron chi connectivity index (χ0n) is 19.0. The Bertz CT molecular complexity index is 1060. The topological polar surface area (TPSA) is 42.6 Å². The molecular formula is C26H34N4O. The second-order valence-corrected chi connectivity index (χ2v) is 8.50. The number of aromatic nitrogens is 1. The van der Waals surface area contributed by atoms with Gasteiger partial charge < -0.3 is 9.88 Å². The average molecular weight is 419 g/mol. The van der Waals surface area contributed by atoms with Crippen molar-refractivity contribution in [1.29, 1.82) is 0 Å². The molecule has 0 radical (unpaired) electrons. The van der Waals surface area contributed by atoms with Crippen LogP contribution in [0.5, 0.6) is 0 Å². The highest BCUT2D eigenvalue weighted by Crippen LogP contribution is 2.21. The Hall–Kier alpha value is -2.63. The average Bonchev–Trinajstić information content (AvgIpc) is 2.79. The third-order valence-corrected chi connectivity index (χ3v) is 6.52. The summed E-state index contributed by atoms with van der Waals surface area (Å²) in [5.74, 6) is 0. The van der Waals surface area contributed by atoms with Gasteiger partial charge in [0.05, 0.1) is 0 Å². The first-order valence-corrected chi connectivity index (χ1v) is 11.5. The quantitative estimate of drug-likeness (QED) is 0.630. The Kier molecular flexibility index (Phi) is 6.73. The molecule has 1 aliphatic heterocycles. The fraction of sp³-hybridized carbons (Fsp3) is 0.423. The molecule has 1 fully saturated rings. The number of nitrogens with zero attached hydrogens (tertiary/aromatic N) is 3. The molecule has 3 aromatic rings. The highest BCUT2D eigenvalue weighted by atomic mass is 16.1. The van der Waals surface area contributed by atoms with E-state index in [9.17, 15) is 4.79 Å². The molecule has 2 aromatic carbocycles. The van der Waals surface area contributed by atoms with Crippen LogP contribution >= 0.6 is 0 Å². The number of anilines is 1. The Morgan fingerprint density at radius 3 is 2.19 bits per heavy atom. The number of pyridine rings is 1. The summed E-state index contributed by atoms with van der Waals surface area (Å²) in [5.41, 5.74) is 5.47. The van der Waals surface area contributed by atoms with Crippen molar-refractivity contribution in [1.82, 2.24) is 14.8 Å². The highest BCUT2D eigenvalue weighted by molar-refractivity contribution is 5.83. The number of H-pyrrole nitrogens is 1. The van der Waals surface area contributed by atoms with Crippen molar-refractivity contribution in [2.75, 3.05) is 44.2 Å². The Balaban J connectivity index is 1.48. The summed E-state index contributed by atoms with van der Waals surface area (Å²) in [7, 11) is 0. The van der Waals surface area contributed by atoms with E-state index >= 15 is 0 Å². The molecule has 0 aliphatic carbocycles. The summed E-state index contributed by atoms with van der Waals surface area (Å²) in [6.45, 7) is 14.0. The molecule has 0 unspecified atom stereocenters. The van der Waals surface area contributed by atoms with Crippen molar-refractivity contribution in [2.24, 2.45) is 0 Å². The first kappa shape index (κ1) is 21.6. The molecule has 1 aromatic heterocycles. The minimum absolute atomic E-state index is 0.173. The van der Waals surface area contributed by atoms with Gasteiger partial charge in [-0.15, -0.1) is 0 Å². The van der Waals surface area contributed by atoms with Crippen LogP contribution in [0.25, 0.3) is 10.9 Å². The lowest BCUT2D eigenvalue weighted by Crippen LogP contribution is -2.46. The van der Waals surface area contributed by atoms with Crippen LogP contribution in [0.4, 0.5) is 5.69 Å². The molecule has 5 heteroatoms. The van der Waals surface area contributed by atoms with Gasteiger partial charge in [-0.2, -0.15) is 0 Å². The molecule has 2 heterocycles. The van der Waals surface area contributed by atoms with Crippen LogP contribution < -0.4 is 10.3 Å². The maximum absolute atomic E-state index is 13.4. The third kappa shape index (κ3) is 4.83. The van der Waals surface area contributed by atoms with E-state index in [0.717, 1.165) is 73.7 Å². The van der Waals surface area contributed by atoms with E-state index in [1.54, 1.807) is 0 Å². The van der Waals surface area contributed by atoms with Crippen LogP contribution in [-0.4, -0.2) is 54.1 Å². The fourth-order valence-electron chi connectivity index (χ4n) is 4.59. The van der Waals surface area contributed by atoms with Crippen LogP contribution in [0, 0.1) is 6.92 Å². The number of hydrogen-bond donors (Lipinski definition) is 1. The monoisotopic (exact) mass is 418 g/mol. The molecule has 0 bridgehead atoms. The van der Waals surface area contributed by atoms with E-state index in [-0.39, 0.29) is 5.43 Å². The highest BCUT2D eigenvalue weighted by Gasteiger charge is 2.20. The van der Waals surface area contributed by atoms with Gasteiger partial charge in [-0.1, -0.05) is 30.3 Å². The van der Waals surface area contributed by atoms with Crippen molar-refractivity contribution in [3.05, 3.63) is 75.6 Å². The van der Waals surface area contributed by atoms with Crippen molar-refractivity contribution in [3.63, 3.8) is 0 Å². The van der Waals surface area contributed by atoms with Crippen LogP contribution in [0.2, 0.25) is 0 Å². The van der Waals surface area contributed by atoms with Gasteiger partial charge in [0.2, 0.25) is 0 Å². The standard InChI is InChI=1S/C26H34N4O/c1-4-30(5-2)22-11-12-25-23(17-22)26(31)24(20(3)27-25)19-29-15-13-28(14-16-29)18-21-9-7-6-8-10-21/h6-12,17H,4-5,13-16,18-19H2,1-3H3,(H,27,31). The molecular weight excluding hydrogens is 384 g/mol. The zero-order valence-corrected chi connectivity index (χ0v) is 19.0. The molecule has 0 saturated carbocycles. The molecule has 4 rings (SSSR count). The first-order valence-electron chi connectivity index (χ1n) is 11.5. The van der Waals surface area contributed by atoms with Crippen molar-refractivity contribution in [2.45, 2.75) is 33.9 Å². The van der Waals surface area contributed by atoms with Gasteiger partial charge in [0.1, 0.15) is 0 Å². The maximum Gasteiger partial charge on any atom is 0.194 e. The number of piperazine rings is 1. The summed E-state index contributed by atoms with van der Waals surface area (Å²) >= 11 is 0. The second kappa shape index (κ2) is 9.67. The van der Waals surface area contributed by atoms with Crippen LogP contribution in [0.3, 0.4) is 0 Å². The lowest BCUT2D eigenvalue weighted by molar-refractivity contribution is 0.121. The maximum atomic E-state index is 13.4. The van der Waals surface area contributed by atoms with Gasteiger partial charge >= 0.3 is 0 Å². The van der Waals surface area contributed by atoms with Gasteiger partial charge in [-0.25, -0.2) is 0 Å². The van der Waals surface area contributed by atoms with Gasteiger partial charge in [0, 0.05) is 80.2 Å². The number of fused-ring (bicyclic) bond motifs is 1. The molecule has 5 nitrogen and oxygen atoms in total. The van der Waals surface area contributed by atoms with Crippen molar-refractivity contribution < 1.29 is 0 Å². The van der Waals surface area contributed by atoms with Crippen LogP contribution in [-0.2, 0) is 13.1 Å². The smallest absolute Gasteiger partial charge is 0.194 e. The predicted molar refractivity (Wildman–Crippen MR) is 130 cm³/mol.